The zero-order valence-corrected chi connectivity index (χ0v) is 16.1. The minimum Gasteiger partial charge on any atom is -0.497 e. The van der Waals surface area contributed by atoms with E-state index in [0.717, 1.165) is 27.9 Å². The van der Waals surface area contributed by atoms with Crippen LogP contribution in [0.25, 0.3) is 10.9 Å². The number of carbonyl (C=O) groups excluding carboxylic acids is 1. The number of aromatic nitrogens is 1. The quantitative estimate of drug-likeness (QED) is 0.553. The number of rotatable bonds is 3. The molecule has 0 bridgehead atoms. The van der Waals surface area contributed by atoms with Gasteiger partial charge in [-0.25, -0.2) is 4.98 Å². The Morgan fingerprint density at radius 1 is 1.19 bits per heavy atom. The number of halogens is 2. The molecule has 1 amide bonds. The number of ether oxygens (including phenoxy) is 1. The van der Waals surface area contributed by atoms with Gasteiger partial charge in [0.2, 0.25) is 5.91 Å². The summed E-state index contributed by atoms with van der Waals surface area (Å²) in [6, 6.07) is 14.9. The van der Waals surface area contributed by atoms with Crippen LogP contribution in [0.3, 0.4) is 0 Å². The van der Waals surface area contributed by atoms with Gasteiger partial charge >= 0.3 is 0 Å². The maximum Gasteiger partial charge on any atom is 0.238 e. The van der Waals surface area contributed by atoms with Gasteiger partial charge in [-0.15, -0.1) is 11.8 Å². The van der Waals surface area contributed by atoms with E-state index < -0.39 is 0 Å². The van der Waals surface area contributed by atoms with Crippen molar-refractivity contribution in [3.63, 3.8) is 0 Å². The number of hydrogen-bond acceptors (Lipinski definition) is 4. The van der Waals surface area contributed by atoms with Crippen LogP contribution in [-0.4, -0.2) is 23.8 Å². The molecule has 1 unspecified atom stereocenters. The van der Waals surface area contributed by atoms with Crippen LogP contribution >= 0.6 is 35.0 Å². The number of carbonyl (C=O) groups is 1. The Labute approximate surface area is 165 Å². The first-order valence-electron chi connectivity index (χ1n) is 7.90. The Bertz CT molecular complexity index is 1010. The van der Waals surface area contributed by atoms with Crippen LogP contribution in [-0.2, 0) is 4.79 Å². The molecule has 1 aliphatic heterocycles. The van der Waals surface area contributed by atoms with E-state index in [2.05, 4.69) is 4.98 Å². The fraction of sp³-hybridized carbons (Fsp3) is 0.158. The second-order valence-corrected chi connectivity index (χ2v) is 7.70. The van der Waals surface area contributed by atoms with Gasteiger partial charge in [0.15, 0.2) is 0 Å². The van der Waals surface area contributed by atoms with Crippen molar-refractivity contribution in [2.45, 2.75) is 5.37 Å². The number of benzene rings is 2. The molecule has 1 fully saturated rings. The highest BCUT2D eigenvalue weighted by Gasteiger charge is 2.35. The van der Waals surface area contributed by atoms with Gasteiger partial charge in [-0.1, -0.05) is 29.3 Å². The number of nitrogens with zero attached hydrogens (tertiary/aromatic N) is 2. The van der Waals surface area contributed by atoms with E-state index in [1.165, 1.54) is 11.8 Å². The molecule has 1 aromatic heterocycles. The zero-order valence-electron chi connectivity index (χ0n) is 13.8. The summed E-state index contributed by atoms with van der Waals surface area (Å²) in [7, 11) is 1.61. The minimum absolute atomic E-state index is 0.0214. The van der Waals surface area contributed by atoms with Gasteiger partial charge in [-0.05, 0) is 36.4 Å². The van der Waals surface area contributed by atoms with Gasteiger partial charge < -0.3 is 4.74 Å². The molecule has 0 radical (unpaired) electrons. The summed E-state index contributed by atoms with van der Waals surface area (Å²) in [5.41, 5.74) is 2.31. The summed E-state index contributed by atoms with van der Waals surface area (Å²) in [6.07, 6.45) is 0. The van der Waals surface area contributed by atoms with E-state index in [0.29, 0.717) is 15.9 Å². The van der Waals surface area contributed by atoms with Crippen LogP contribution in [0.4, 0.5) is 5.69 Å². The van der Waals surface area contributed by atoms with Crippen molar-refractivity contribution in [3.8, 4) is 5.75 Å². The van der Waals surface area contributed by atoms with E-state index in [9.17, 15) is 4.79 Å². The van der Waals surface area contributed by atoms with Gasteiger partial charge in [0.1, 0.15) is 16.3 Å². The highest BCUT2D eigenvalue weighted by Crippen LogP contribution is 2.44. The SMILES string of the molecule is COc1ccc2cc(C3SCC(=O)N3c3cccc(Cl)c3)c(Cl)nc2c1. The fourth-order valence-electron chi connectivity index (χ4n) is 3.00. The zero-order chi connectivity index (χ0) is 18.3. The first-order valence-corrected chi connectivity index (χ1v) is 9.71. The molecule has 4 rings (SSSR count). The second kappa shape index (κ2) is 6.99. The Balaban J connectivity index is 1.80. The standard InChI is InChI=1S/C19H14Cl2N2O2S/c1-25-14-6-5-11-7-15(18(21)22-16(11)9-14)19-23(17(24)10-26-19)13-4-2-3-12(20)8-13/h2-9,19H,10H2,1H3. The lowest BCUT2D eigenvalue weighted by Crippen LogP contribution is -2.28. The van der Waals surface area contributed by atoms with Crippen LogP contribution in [0, 0.1) is 0 Å². The fourth-order valence-corrected chi connectivity index (χ4v) is 4.68. The van der Waals surface area contributed by atoms with E-state index >= 15 is 0 Å². The third-order valence-electron chi connectivity index (χ3n) is 4.23. The molecule has 2 heterocycles. The van der Waals surface area contributed by atoms with Gasteiger partial charge in [-0.2, -0.15) is 0 Å². The summed E-state index contributed by atoms with van der Waals surface area (Å²) in [5, 5.41) is 1.66. The van der Waals surface area contributed by atoms with Crippen molar-refractivity contribution in [1.82, 2.24) is 4.98 Å². The van der Waals surface area contributed by atoms with Crippen LogP contribution in [0.5, 0.6) is 5.75 Å². The minimum atomic E-state index is -0.243. The van der Waals surface area contributed by atoms with Crippen molar-refractivity contribution in [2.24, 2.45) is 0 Å². The molecular formula is C19H14Cl2N2O2S. The molecular weight excluding hydrogens is 391 g/mol. The van der Waals surface area contributed by atoms with Crippen LogP contribution < -0.4 is 9.64 Å². The summed E-state index contributed by atoms with van der Waals surface area (Å²) in [5.74, 6) is 1.13. The van der Waals surface area contributed by atoms with Crippen LogP contribution in [0.15, 0.2) is 48.5 Å². The lowest BCUT2D eigenvalue weighted by molar-refractivity contribution is -0.115. The molecule has 1 aliphatic rings. The van der Waals surface area contributed by atoms with Crippen molar-refractivity contribution in [3.05, 3.63) is 64.3 Å². The molecule has 132 valence electrons. The maximum absolute atomic E-state index is 12.5. The molecule has 3 aromatic rings. The summed E-state index contributed by atoms with van der Waals surface area (Å²) >= 11 is 14.1. The Morgan fingerprint density at radius 3 is 2.81 bits per heavy atom. The molecule has 7 heteroatoms. The Hall–Kier alpha value is -1.95. The molecule has 4 nitrogen and oxygen atoms in total. The van der Waals surface area contributed by atoms with Crippen molar-refractivity contribution in [2.75, 3.05) is 17.8 Å². The smallest absolute Gasteiger partial charge is 0.238 e. The molecule has 0 spiro atoms. The van der Waals surface area contributed by atoms with E-state index in [1.807, 2.05) is 36.4 Å². The molecule has 0 aliphatic carbocycles. The van der Waals surface area contributed by atoms with E-state index in [-0.39, 0.29) is 11.3 Å². The number of methoxy groups -OCH3 is 1. The maximum atomic E-state index is 12.5. The van der Waals surface area contributed by atoms with Gasteiger partial charge in [0, 0.05) is 27.7 Å². The highest BCUT2D eigenvalue weighted by molar-refractivity contribution is 8.00. The predicted molar refractivity (Wildman–Crippen MR) is 107 cm³/mol. The van der Waals surface area contributed by atoms with Gasteiger partial charge in [-0.3, -0.25) is 9.69 Å². The first kappa shape index (κ1) is 17.5. The number of thioether (sulfide) groups is 1. The third kappa shape index (κ3) is 3.11. The van der Waals surface area contributed by atoms with Gasteiger partial charge in [0.25, 0.3) is 0 Å². The summed E-state index contributed by atoms with van der Waals surface area (Å²) in [4.78, 5) is 18.7. The monoisotopic (exact) mass is 404 g/mol. The first-order chi connectivity index (χ1) is 12.6. The number of amides is 1. The molecule has 0 N–H and O–H groups in total. The Morgan fingerprint density at radius 2 is 2.04 bits per heavy atom. The second-order valence-electron chi connectivity index (χ2n) is 5.83. The topological polar surface area (TPSA) is 42.4 Å². The largest absolute Gasteiger partial charge is 0.497 e. The molecule has 2 aromatic carbocycles. The van der Waals surface area contributed by atoms with Crippen LogP contribution in [0.2, 0.25) is 10.2 Å². The predicted octanol–water partition coefficient (Wildman–Crippen LogP) is 5.33. The average molecular weight is 405 g/mol. The van der Waals surface area contributed by atoms with Crippen molar-refractivity contribution in [1.29, 1.82) is 0 Å². The van der Waals surface area contributed by atoms with Crippen molar-refractivity contribution < 1.29 is 9.53 Å². The number of hydrogen-bond donors (Lipinski definition) is 0. The molecule has 26 heavy (non-hydrogen) atoms. The number of fused-ring (bicyclic) bond motifs is 1. The summed E-state index contributed by atoms with van der Waals surface area (Å²) in [6.45, 7) is 0. The normalized spacial score (nSPS) is 17.1. The summed E-state index contributed by atoms with van der Waals surface area (Å²) < 4.78 is 5.24. The third-order valence-corrected chi connectivity index (χ3v) is 5.96. The lowest BCUT2D eigenvalue weighted by Gasteiger charge is -2.25. The van der Waals surface area contributed by atoms with E-state index in [4.69, 9.17) is 27.9 Å². The highest BCUT2D eigenvalue weighted by atomic mass is 35.5. The number of pyridine rings is 1. The van der Waals surface area contributed by atoms with Gasteiger partial charge in [0.05, 0.1) is 18.4 Å². The lowest BCUT2D eigenvalue weighted by atomic mass is 10.1. The van der Waals surface area contributed by atoms with E-state index in [1.54, 1.807) is 24.1 Å². The van der Waals surface area contributed by atoms with Crippen LogP contribution in [0.1, 0.15) is 10.9 Å². The average Bonchev–Trinajstić information content (AvgIpc) is 3.02. The molecule has 0 saturated carbocycles. The molecule has 1 saturated heterocycles. The van der Waals surface area contributed by atoms with Crippen molar-refractivity contribution >= 4 is 57.5 Å². The number of anilines is 1. The molecule has 1 atom stereocenters. The Kier molecular flexibility index (Phi) is 4.69.